The third kappa shape index (κ3) is 6.06. The number of anilines is 1. The van der Waals surface area contributed by atoms with Crippen LogP contribution in [0.2, 0.25) is 5.02 Å². The Morgan fingerprint density at radius 2 is 1.79 bits per heavy atom. The quantitative estimate of drug-likeness (QED) is 0.353. The number of aryl methyl sites for hydroxylation is 1. The molecule has 8 nitrogen and oxygen atoms in total. The SMILES string of the molecule is COc1cccc(/C=N\NC(=O)CN(c2cc(Cl)ccc2OC)S(=O)(=O)c2ccc(C)cc2)c1. The summed E-state index contributed by atoms with van der Waals surface area (Å²) in [5, 5.41) is 4.22. The van der Waals surface area contributed by atoms with Crippen molar-refractivity contribution in [2.24, 2.45) is 5.10 Å². The van der Waals surface area contributed by atoms with Gasteiger partial charge in [-0.2, -0.15) is 5.10 Å². The van der Waals surface area contributed by atoms with Gasteiger partial charge in [0.1, 0.15) is 18.0 Å². The first-order chi connectivity index (χ1) is 16.2. The van der Waals surface area contributed by atoms with Gasteiger partial charge in [-0.15, -0.1) is 0 Å². The zero-order valence-corrected chi connectivity index (χ0v) is 20.4. The van der Waals surface area contributed by atoms with Crippen molar-refractivity contribution >= 4 is 39.4 Å². The highest BCUT2D eigenvalue weighted by molar-refractivity contribution is 7.92. The Labute approximate surface area is 203 Å². The second kappa shape index (κ2) is 11.0. The maximum absolute atomic E-state index is 13.5. The molecule has 34 heavy (non-hydrogen) atoms. The van der Waals surface area contributed by atoms with Gasteiger partial charge in [0.2, 0.25) is 0 Å². The number of rotatable bonds is 9. The molecule has 1 amide bonds. The molecule has 0 aliphatic rings. The fourth-order valence-electron chi connectivity index (χ4n) is 3.06. The van der Waals surface area contributed by atoms with Crippen LogP contribution in [0.4, 0.5) is 5.69 Å². The van der Waals surface area contributed by atoms with Crippen LogP contribution >= 0.6 is 11.6 Å². The van der Waals surface area contributed by atoms with Crippen LogP contribution in [0.5, 0.6) is 11.5 Å². The molecule has 0 heterocycles. The monoisotopic (exact) mass is 501 g/mol. The highest BCUT2D eigenvalue weighted by Crippen LogP contribution is 2.34. The summed E-state index contributed by atoms with van der Waals surface area (Å²) in [5.74, 6) is 0.225. The second-order valence-electron chi connectivity index (χ2n) is 7.21. The first-order valence-electron chi connectivity index (χ1n) is 10.1. The van der Waals surface area contributed by atoms with E-state index >= 15 is 0 Å². The van der Waals surface area contributed by atoms with Crippen molar-refractivity contribution in [1.82, 2.24) is 5.43 Å². The predicted molar refractivity (Wildman–Crippen MR) is 132 cm³/mol. The Morgan fingerprint density at radius 3 is 2.47 bits per heavy atom. The van der Waals surface area contributed by atoms with Gasteiger partial charge >= 0.3 is 0 Å². The van der Waals surface area contributed by atoms with Crippen molar-refractivity contribution in [2.75, 3.05) is 25.1 Å². The summed E-state index contributed by atoms with van der Waals surface area (Å²) in [4.78, 5) is 12.7. The van der Waals surface area contributed by atoms with Gasteiger partial charge in [-0.3, -0.25) is 9.10 Å². The van der Waals surface area contributed by atoms with E-state index in [2.05, 4.69) is 10.5 Å². The molecule has 0 bridgehead atoms. The number of nitrogens with one attached hydrogen (secondary N) is 1. The molecule has 0 saturated carbocycles. The molecular weight excluding hydrogens is 478 g/mol. The minimum Gasteiger partial charge on any atom is -0.497 e. The van der Waals surface area contributed by atoms with Crippen molar-refractivity contribution in [1.29, 1.82) is 0 Å². The number of amides is 1. The molecule has 0 aliphatic heterocycles. The van der Waals surface area contributed by atoms with E-state index in [1.807, 2.05) is 6.92 Å². The van der Waals surface area contributed by atoms with Gasteiger partial charge in [0.25, 0.3) is 15.9 Å². The van der Waals surface area contributed by atoms with Crippen LogP contribution in [0.25, 0.3) is 0 Å². The summed E-state index contributed by atoms with van der Waals surface area (Å²) in [6, 6.07) is 17.9. The maximum atomic E-state index is 13.5. The zero-order chi connectivity index (χ0) is 24.7. The van der Waals surface area contributed by atoms with Crippen molar-refractivity contribution in [3.8, 4) is 11.5 Å². The van der Waals surface area contributed by atoms with Crippen LogP contribution in [0.1, 0.15) is 11.1 Å². The molecule has 3 rings (SSSR count). The molecule has 0 fully saturated rings. The molecule has 0 radical (unpaired) electrons. The lowest BCUT2D eigenvalue weighted by atomic mass is 10.2. The van der Waals surface area contributed by atoms with Crippen molar-refractivity contribution in [3.05, 3.63) is 82.9 Å². The topological polar surface area (TPSA) is 97.3 Å². The number of methoxy groups -OCH3 is 2. The lowest BCUT2D eigenvalue weighted by Gasteiger charge is -2.25. The van der Waals surface area contributed by atoms with Crippen LogP contribution < -0.4 is 19.2 Å². The van der Waals surface area contributed by atoms with Gasteiger partial charge < -0.3 is 9.47 Å². The van der Waals surface area contributed by atoms with Gasteiger partial charge in [-0.1, -0.05) is 41.4 Å². The molecule has 0 aliphatic carbocycles. The van der Waals surface area contributed by atoms with Gasteiger partial charge in [0.05, 0.1) is 31.0 Å². The van der Waals surface area contributed by atoms with Gasteiger partial charge in [-0.05, 0) is 55.0 Å². The summed E-state index contributed by atoms with van der Waals surface area (Å²) in [6.45, 7) is 1.30. The minimum absolute atomic E-state index is 0.0211. The Hall–Kier alpha value is -3.56. The lowest BCUT2D eigenvalue weighted by Crippen LogP contribution is -2.39. The smallest absolute Gasteiger partial charge is 0.264 e. The third-order valence-corrected chi connectivity index (χ3v) is 6.81. The number of halogens is 1. The normalized spacial score (nSPS) is 11.3. The Bertz CT molecular complexity index is 1290. The number of hydrazone groups is 1. The van der Waals surface area contributed by atoms with Crippen LogP contribution in [0.3, 0.4) is 0 Å². The zero-order valence-electron chi connectivity index (χ0n) is 18.9. The Kier molecular flexibility index (Phi) is 8.14. The van der Waals surface area contributed by atoms with E-state index in [0.717, 1.165) is 9.87 Å². The van der Waals surface area contributed by atoms with Crippen LogP contribution in [-0.2, 0) is 14.8 Å². The summed E-state index contributed by atoms with van der Waals surface area (Å²) in [5.41, 5.74) is 4.08. The molecule has 0 aromatic heterocycles. The van der Waals surface area contributed by atoms with E-state index in [4.69, 9.17) is 21.1 Å². The summed E-state index contributed by atoms with van der Waals surface area (Å²) in [7, 11) is -1.18. The summed E-state index contributed by atoms with van der Waals surface area (Å²) < 4.78 is 38.5. The highest BCUT2D eigenvalue weighted by Gasteiger charge is 2.29. The molecule has 1 N–H and O–H groups in total. The van der Waals surface area contributed by atoms with Crippen molar-refractivity contribution < 1.29 is 22.7 Å². The molecule has 0 spiro atoms. The van der Waals surface area contributed by atoms with Crippen LogP contribution in [-0.4, -0.2) is 41.3 Å². The number of ether oxygens (including phenoxy) is 2. The largest absolute Gasteiger partial charge is 0.497 e. The molecule has 0 saturated heterocycles. The summed E-state index contributed by atoms with van der Waals surface area (Å²) >= 11 is 6.14. The average Bonchev–Trinajstić information content (AvgIpc) is 2.83. The average molecular weight is 502 g/mol. The number of hydrogen-bond acceptors (Lipinski definition) is 6. The number of carbonyl (C=O) groups excluding carboxylic acids is 1. The number of carbonyl (C=O) groups is 1. The molecule has 0 unspecified atom stereocenters. The second-order valence-corrected chi connectivity index (χ2v) is 9.51. The lowest BCUT2D eigenvalue weighted by molar-refractivity contribution is -0.119. The van der Waals surface area contributed by atoms with Gasteiger partial charge in [0.15, 0.2) is 0 Å². The molecule has 10 heteroatoms. The molecule has 0 atom stereocenters. The van der Waals surface area contributed by atoms with Gasteiger partial charge in [-0.25, -0.2) is 13.8 Å². The highest BCUT2D eigenvalue weighted by atomic mass is 35.5. The van der Waals surface area contributed by atoms with E-state index < -0.39 is 22.5 Å². The summed E-state index contributed by atoms with van der Waals surface area (Å²) in [6.07, 6.45) is 1.43. The fourth-order valence-corrected chi connectivity index (χ4v) is 4.65. The molecule has 3 aromatic carbocycles. The standard InChI is InChI=1S/C24H24ClN3O5S/c1-17-7-10-21(11-8-17)34(30,31)28(22-14-19(25)9-12-23(22)33-3)16-24(29)27-26-15-18-5-4-6-20(13-18)32-2/h4-15H,16H2,1-3H3,(H,27,29)/b26-15-. The first kappa shape index (κ1) is 25.1. The fraction of sp³-hybridized carbons (Fsp3) is 0.167. The first-order valence-corrected chi connectivity index (χ1v) is 12.0. The number of sulfonamides is 1. The Balaban J connectivity index is 1.91. The van der Waals surface area contributed by atoms with E-state index in [1.165, 1.54) is 37.6 Å². The van der Waals surface area contributed by atoms with Crippen LogP contribution in [0.15, 0.2) is 76.7 Å². The van der Waals surface area contributed by atoms with E-state index in [-0.39, 0.29) is 21.4 Å². The minimum atomic E-state index is -4.14. The molecule has 178 valence electrons. The number of nitrogens with zero attached hydrogens (tertiary/aromatic N) is 2. The number of hydrogen-bond donors (Lipinski definition) is 1. The Morgan fingerprint density at radius 1 is 1.06 bits per heavy atom. The van der Waals surface area contributed by atoms with Gasteiger partial charge in [0, 0.05) is 5.02 Å². The van der Waals surface area contributed by atoms with Crippen LogP contribution in [0, 0.1) is 6.92 Å². The van der Waals surface area contributed by atoms with E-state index in [9.17, 15) is 13.2 Å². The third-order valence-electron chi connectivity index (χ3n) is 4.80. The van der Waals surface area contributed by atoms with Crippen molar-refractivity contribution in [3.63, 3.8) is 0 Å². The van der Waals surface area contributed by atoms with Crippen molar-refractivity contribution in [2.45, 2.75) is 11.8 Å². The molecule has 3 aromatic rings. The van der Waals surface area contributed by atoms with E-state index in [0.29, 0.717) is 11.3 Å². The maximum Gasteiger partial charge on any atom is 0.264 e. The number of benzene rings is 3. The predicted octanol–water partition coefficient (Wildman–Crippen LogP) is 4.01. The molecular formula is C24H24ClN3O5S. The van der Waals surface area contributed by atoms with E-state index in [1.54, 1.807) is 49.6 Å².